The molecule has 0 atom stereocenters. The highest BCUT2D eigenvalue weighted by Gasteiger charge is 2.01. The van der Waals surface area contributed by atoms with Crippen molar-refractivity contribution in [2.45, 2.75) is 13.1 Å². The summed E-state index contributed by atoms with van der Waals surface area (Å²) >= 11 is 0. The van der Waals surface area contributed by atoms with Crippen LogP contribution in [0.15, 0.2) is 48.8 Å². The molecule has 0 unspecified atom stereocenters. The number of aliphatic hydroxyl groups is 1. The number of aromatic nitrogens is 2. The molecule has 0 spiro atoms. The molecule has 1 aromatic heterocycles. The van der Waals surface area contributed by atoms with Crippen LogP contribution >= 0.6 is 0 Å². The van der Waals surface area contributed by atoms with Crippen LogP contribution in [0.5, 0.6) is 5.75 Å². The Morgan fingerprint density at radius 1 is 1.18 bits per heavy atom. The van der Waals surface area contributed by atoms with E-state index in [0.29, 0.717) is 6.54 Å². The van der Waals surface area contributed by atoms with Crippen LogP contribution in [0.2, 0.25) is 0 Å². The van der Waals surface area contributed by atoms with E-state index in [9.17, 15) is 0 Å². The van der Waals surface area contributed by atoms with Gasteiger partial charge in [0.25, 0.3) is 0 Å². The van der Waals surface area contributed by atoms with Crippen molar-refractivity contribution in [3.8, 4) is 5.75 Å². The van der Waals surface area contributed by atoms with Crippen LogP contribution in [-0.2, 0) is 13.1 Å². The van der Waals surface area contributed by atoms with Crippen molar-refractivity contribution in [1.82, 2.24) is 9.78 Å². The highest BCUT2D eigenvalue weighted by Crippen LogP contribution is 2.22. The number of nitrogens with zero attached hydrogens (tertiary/aromatic N) is 2. The zero-order valence-electron chi connectivity index (χ0n) is 12.5. The van der Waals surface area contributed by atoms with Gasteiger partial charge in [-0.05, 0) is 34.5 Å². The van der Waals surface area contributed by atoms with Gasteiger partial charge < -0.3 is 15.2 Å². The average Bonchev–Trinajstić information content (AvgIpc) is 3.00. The first-order valence-electron chi connectivity index (χ1n) is 7.22. The van der Waals surface area contributed by atoms with Crippen LogP contribution in [0.3, 0.4) is 0 Å². The lowest BCUT2D eigenvalue weighted by Crippen LogP contribution is -2.02. The monoisotopic (exact) mass is 297 g/mol. The van der Waals surface area contributed by atoms with Crippen molar-refractivity contribution >= 4 is 16.5 Å². The van der Waals surface area contributed by atoms with Gasteiger partial charge in [-0.1, -0.05) is 18.2 Å². The largest absolute Gasteiger partial charge is 0.497 e. The van der Waals surface area contributed by atoms with Gasteiger partial charge in [0.1, 0.15) is 5.75 Å². The van der Waals surface area contributed by atoms with Crippen LogP contribution in [0.25, 0.3) is 10.8 Å². The van der Waals surface area contributed by atoms with E-state index in [4.69, 9.17) is 9.84 Å². The minimum absolute atomic E-state index is 0.0925. The van der Waals surface area contributed by atoms with Gasteiger partial charge in [-0.15, -0.1) is 0 Å². The summed E-state index contributed by atoms with van der Waals surface area (Å²) in [6, 6.07) is 12.4. The van der Waals surface area contributed by atoms with Crippen molar-refractivity contribution in [2.75, 3.05) is 19.0 Å². The topological polar surface area (TPSA) is 59.3 Å². The zero-order chi connectivity index (χ0) is 15.4. The Morgan fingerprint density at radius 3 is 2.82 bits per heavy atom. The van der Waals surface area contributed by atoms with E-state index in [1.54, 1.807) is 18.0 Å². The molecule has 0 bridgehead atoms. The molecule has 0 fully saturated rings. The standard InChI is InChI=1S/C17H19N3O2/c1-22-17-5-4-14-8-13(2-3-15(14)9-17)10-18-16-11-19-20(12-16)6-7-21/h2-5,8-9,11-12,18,21H,6-7,10H2,1H3. The Labute approximate surface area is 129 Å². The van der Waals surface area contributed by atoms with Gasteiger partial charge in [-0.3, -0.25) is 4.68 Å². The molecule has 0 aliphatic rings. The molecule has 0 radical (unpaired) electrons. The summed E-state index contributed by atoms with van der Waals surface area (Å²) in [5.41, 5.74) is 2.15. The molecule has 3 aromatic rings. The second-order valence-corrected chi connectivity index (χ2v) is 5.12. The number of hydrogen-bond acceptors (Lipinski definition) is 4. The van der Waals surface area contributed by atoms with Gasteiger partial charge in [0, 0.05) is 12.7 Å². The third kappa shape index (κ3) is 3.20. The minimum Gasteiger partial charge on any atom is -0.497 e. The van der Waals surface area contributed by atoms with Crippen LogP contribution in [0.1, 0.15) is 5.56 Å². The number of benzene rings is 2. The maximum atomic E-state index is 8.88. The molecule has 3 rings (SSSR count). The predicted octanol–water partition coefficient (Wildman–Crippen LogP) is 2.65. The highest BCUT2D eigenvalue weighted by molar-refractivity contribution is 5.84. The van der Waals surface area contributed by atoms with Crippen molar-refractivity contribution in [3.05, 3.63) is 54.4 Å². The fraction of sp³-hybridized carbons (Fsp3) is 0.235. The molecule has 5 nitrogen and oxygen atoms in total. The third-order valence-electron chi connectivity index (χ3n) is 3.57. The van der Waals surface area contributed by atoms with Gasteiger partial charge in [0.05, 0.1) is 32.1 Å². The lowest BCUT2D eigenvalue weighted by atomic mass is 10.1. The summed E-state index contributed by atoms with van der Waals surface area (Å²) in [5.74, 6) is 0.870. The summed E-state index contributed by atoms with van der Waals surface area (Å²) in [5, 5.41) is 18.7. The average molecular weight is 297 g/mol. The summed E-state index contributed by atoms with van der Waals surface area (Å²) in [6.07, 6.45) is 3.66. The Kier molecular flexibility index (Phi) is 4.25. The lowest BCUT2D eigenvalue weighted by molar-refractivity contribution is 0.269. The molecule has 114 valence electrons. The number of anilines is 1. The maximum absolute atomic E-state index is 8.88. The van der Waals surface area contributed by atoms with Crippen molar-refractivity contribution in [2.24, 2.45) is 0 Å². The van der Waals surface area contributed by atoms with Crippen molar-refractivity contribution in [1.29, 1.82) is 0 Å². The second kappa shape index (κ2) is 6.49. The number of hydrogen-bond donors (Lipinski definition) is 2. The van der Waals surface area contributed by atoms with Crippen LogP contribution < -0.4 is 10.1 Å². The molecule has 2 aromatic carbocycles. The number of fused-ring (bicyclic) bond motifs is 1. The maximum Gasteiger partial charge on any atom is 0.119 e. The van der Waals surface area contributed by atoms with Gasteiger partial charge >= 0.3 is 0 Å². The molecule has 1 heterocycles. The lowest BCUT2D eigenvalue weighted by Gasteiger charge is -2.07. The second-order valence-electron chi connectivity index (χ2n) is 5.12. The van der Waals surface area contributed by atoms with E-state index in [1.165, 1.54) is 16.3 Å². The number of aliphatic hydroxyl groups excluding tert-OH is 1. The van der Waals surface area contributed by atoms with Gasteiger partial charge in [0.2, 0.25) is 0 Å². The molecule has 0 amide bonds. The van der Waals surface area contributed by atoms with Crippen LogP contribution in [0, 0.1) is 0 Å². The molecule has 0 aliphatic heterocycles. The SMILES string of the molecule is COc1ccc2cc(CNc3cnn(CCO)c3)ccc2c1. The molecule has 0 aliphatic carbocycles. The van der Waals surface area contributed by atoms with Gasteiger partial charge in [-0.25, -0.2) is 0 Å². The molecule has 22 heavy (non-hydrogen) atoms. The van der Waals surface area contributed by atoms with E-state index in [-0.39, 0.29) is 6.61 Å². The molecular formula is C17H19N3O2. The highest BCUT2D eigenvalue weighted by atomic mass is 16.5. The van der Waals surface area contributed by atoms with E-state index in [2.05, 4.69) is 34.7 Å². The summed E-state index contributed by atoms with van der Waals surface area (Å²) in [4.78, 5) is 0. The fourth-order valence-electron chi connectivity index (χ4n) is 2.39. The smallest absolute Gasteiger partial charge is 0.119 e. The summed E-state index contributed by atoms with van der Waals surface area (Å²) in [7, 11) is 1.68. The number of nitrogens with one attached hydrogen (secondary N) is 1. The first-order valence-corrected chi connectivity index (χ1v) is 7.22. The Morgan fingerprint density at radius 2 is 2.00 bits per heavy atom. The van der Waals surface area contributed by atoms with Crippen LogP contribution in [0.4, 0.5) is 5.69 Å². The zero-order valence-corrected chi connectivity index (χ0v) is 12.5. The van der Waals surface area contributed by atoms with Crippen molar-refractivity contribution < 1.29 is 9.84 Å². The summed E-state index contributed by atoms with van der Waals surface area (Å²) < 4.78 is 6.96. The predicted molar refractivity (Wildman–Crippen MR) is 87.1 cm³/mol. The van der Waals surface area contributed by atoms with Crippen molar-refractivity contribution in [3.63, 3.8) is 0 Å². The van der Waals surface area contributed by atoms with Gasteiger partial charge in [-0.2, -0.15) is 5.10 Å². The summed E-state index contributed by atoms with van der Waals surface area (Å²) in [6.45, 7) is 1.33. The third-order valence-corrected chi connectivity index (χ3v) is 3.57. The number of methoxy groups -OCH3 is 1. The number of rotatable bonds is 6. The van der Waals surface area contributed by atoms with E-state index in [0.717, 1.165) is 18.0 Å². The van der Waals surface area contributed by atoms with Gasteiger partial charge in [0.15, 0.2) is 0 Å². The minimum atomic E-state index is 0.0925. The first kappa shape index (κ1) is 14.4. The normalized spacial score (nSPS) is 10.8. The molecule has 2 N–H and O–H groups in total. The molecule has 0 saturated carbocycles. The van der Waals surface area contributed by atoms with E-state index < -0.39 is 0 Å². The van der Waals surface area contributed by atoms with Crippen LogP contribution in [-0.4, -0.2) is 28.6 Å². The Hall–Kier alpha value is -2.53. The number of ether oxygens (including phenoxy) is 1. The molecule has 5 heteroatoms. The molecule has 0 saturated heterocycles. The molecular weight excluding hydrogens is 278 g/mol. The quantitative estimate of drug-likeness (QED) is 0.734. The van der Waals surface area contributed by atoms with E-state index in [1.807, 2.05) is 18.3 Å². The Bertz CT molecular complexity index is 767. The van der Waals surface area contributed by atoms with E-state index >= 15 is 0 Å². The fourth-order valence-corrected chi connectivity index (χ4v) is 2.39. The first-order chi connectivity index (χ1) is 10.8. The Balaban J connectivity index is 1.70.